The van der Waals surface area contributed by atoms with Crippen LogP contribution in [0.25, 0.3) is 0 Å². The first kappa shape index (κ1) is 13.6. The first-order valence-corrected chi connectivity index (χ1v) is 7.13. The van der Waals surface area contributed by atoms with Crippen molar-refractivity contribution in [3.63, 3.8) is 0 Å². The molecule has 0 amide bonds. The SMILES string of the molecule is CCC1CCCC(Oc2ncc(F)cc2CCl)C1. The van der Waals surface area contributed by atoms with Gasteiger partial charge in [0, 0.05) is 5.56 Å². The quantitative estimate of drug-likeness (QED) is 0.762. The van der Waals surface area contributed by atoms with Crippen molar-refractivity contribution in [1.82, 2.24) is 4.98 Å². The minimum absolute atomic E-state index is 0.198. The molecule has 0 N–H and O–H groups in total. The van der Waals surface area contributed by atoms with Crippen molar-refractivity contribution < 1.29 is 9.13 Å². The van der Waals surface area contributed by atoms with Crippen molar-refractivity contribution in [3.05, 3.63) is 23.6 Å². The molecule has 1 heterocycles. The summed E-state index contributed by atoms with van der Waals surface area (Å²) in [4.78, 5) is 4.01. The summed E-state index contributed by atoms with van der Waals surface area (Å²) in [5.41, 5.74) is 0.635. The highest BCUT2D eigenvalue weighted by molar-refractivity contribution is 6.17. The van der Waals surface area contributed by atoms with Crippen LogP contribution in [0.4, 0.5) is 4.39 Å². The van der Waals surface area contributed by atoms with Gasteiger partial charge in [0.05, 0.1) is 12.1 Å². The van der Waals surface area contributed by atoms with Gasteiger partial charge in [-0.3, -0.25) is 0 Å². The second kappa shape index (κ2) is 6.37. The molecular weight excluding hydrogens is 253 g/mol. The van der Waals surface area contributed by atoms with Crippen LogP contribution in [0.2, 0.25) is 0 Å². The molecule has 0 spiro atoms. The van der Waals surface area contributed by atoms with Gasteiger partial charge in [-0.1, -0.05) is 19.8 Å². The lowest BCUT2D eigenvalue weighted by Gasteiger charge is -2.29. The lowest BCUT2D eigenvalue weighted by atomic mass is 9.85. The van der Waals surface area contributed by atoms with E-state index in [9.17, 15) is 4.39 Å². The van der Waals surface area contributed by atoms with Crippen LogP contribution >= 0.6 is 11.6 Å². The van der Waals surface area contributed by atoms with Gasteiger partial charge in [-0.25, -0.2) is 9.37 Å². The fraction of sp³-hybridized carbons (Fsp3) is 0.643. The lowest BCUT2D eigenvalue weighted by Crippen LogP contribution is -2.25. The normalized spacial score (nSPS) is 23.9. The number of pyridine rings is 1. The summed E-state index contributed by atoms with van der Waals surface area (Å²) in [6.45, 7) is 2.22. The Labute approximate surface area is 113 Å². The molecule has 1 aromatic heterocycles. The number of aromatic nitrogens is 1. The van der Waals surface area contributed by atoms with Crippen LogP contribution in [0.15, 0.2) is 12.3 Å². The first-order chi connectivity index (χ1) is 8.72. The van der Waals surface area contributed by atoms with Crippen LogP contribution in [-0.2, 0) is 5.88 Å². The maximum absolute atomic E-state index is 13.1. The Morgan fingerprint density at radius 1 is 1.50 bits per heavy atom. The second-order valence-electron chi connectivity index (χ2n) is 4.93. The predicted octanol–water partition coefficient (Wildman–Crippen LogP) is 4.31. The van der Waals surface area contributed by atoms with Crippen molar-refractivity contribution >= 4 is 11.6 Å². The molecule has 0 bridgehead atoms. The smallest absolute Gasteiger partial charge is 0.218 e. The van der Waals surface area contributed by atoms with Crippen LogP contribution in [0.5, 0.6) is 5.88 Å². The van der Waals surface area contributed by atoms with E-state index < -0.39 is 0 Å². The van der Waals surface area contributed by atoms with E-state index in [1.165, 1.54) is 31.5 Å². The lowest BCUT2D eigenvalue weighted by molar-refractivity contribution is 0.116. The Morgan fingerprint density at radius 2 is 2.33 bits per heavy atom. The zero-order valence-corrected chi connectivity index (χ0v) is 11.4. The van der Waals surface area contributed by atoms with E-state index in [2.05, 4.69) is 11.9 Å². The van der Waals surface area contributed by atoms with Crippen molar-refractivity contribution in [2.45, 2.75) is 51.0 Å². The summed E-state index contributed by atoms with van der Waals surface area (Å²) in [5, 5.41) is 0. The minimum Gasteiger partial charge on any atom is -0.474 e. The van der Waals surface area contributed by atoms with Crippen LogP contribution in [0, 0.1) is 11.7 Å². The van der Waals surface area contributed by atoms with E-state index in [0.717, 1.165) is 18.8 Å². The summed E-state index contributed by atoms with van der Waals surface area (Å²) in [6, 6.07) is 1.40. The summed E-state index contributed by atoms with van der Waals surface area (Å²) >= 11 is 5.79. The van der Waals surface area contributed by atoms with Crippen molar-refractivity contribution in [2.75, 3.05) is 0 Å². The van der Waals surface area contributed by atoms with E-state index in [4.69, 9.17) is 16.3 Å². The van der Waals surface area contributed by atoms with Gasteiger partial charge in [0.1, 0.15) is 11.9 Å². The Hall–Kier alpha value is -0.830. The first-order valence-electron chi connectivity index (χ1n) is 6.60. The molecule has 1 saturated carbocycles. The standard InChI is InChI=1S/C14H19ClFNO/c1-2-10-4-3-5-13(6-10)18-14-11(8-15)7-12(16)9-17-14/h7,9-10,13H,2-6,8H2,1H3. The van der Waals surface area contributed by atoms with E-state index in [0.29, 0.717) is 11.4 Å². The molecule has 18 heavy (non-hydrogen) atoms. The average molecular weight is 272 g/mol. The maximum atomic E-state index is 13.1. The molecule has 0 aromatic carbocycles. The van der Waals surface area contributed by atoms with Gasteiger partial charge >= 0.3 is 0 Å². The fourth-order valence-electron chi connectivity index (χ4n) is 2.55. The Kier molecular flexibility index (Phi) is 4.81. The molecule has 1 fully saturated rings. The van der Waals surface area contributed by atoms with Crippen molar-refractivity contribution in [3.8, 4) is 5.88 Å². The number of rotatable bonds is 4. The molecule has 4 heteroatoms. The van der Waals surface area contributed by atoms with E-state index >= 15 is 0 Å². The molecular formula is C14H19ClFNO. The number of hydrogen-bond acceptors (Lipinski definition) is 2. The van der Waals surface area contributed by atoms with Crippen molar-refractivity contribution in [2.24, 2.45) is 5.92 Å². The number of ether oxygens (including phenoxy) is 1. The van der Waals surface area contributed by atoms with Gasteiger partial charge in [-0.2, -0.15) is 0 Å². The molecule has 2 rings (SSSR count). The van der Waals surface area contributed by atoms with Crippen molar-refractivity contribution in [1.29, 1.82) is 0 Å². The largest absolute Gasteiger partial charge is 0.474 e. The second-order valence-corrected chi connectivity index (χ2v) is 5.20. The van der Waals surface area contributed by atoms with Gasteiger partial charge in [-0.15, -0.1) is 11.6 Å². The van der Waals surface area contributed by atoms with Gasteiger partial charge in [0.15, 0.2) is 0 Å². The molecule has 2 unspecified atom stereocenters. The highest BCUT2D eigenvalue weighted by Gasteiger charge is 2.23. The molecule has 1 aromatic rings. The summed E-state index contributed by atoms with van der Waals surface area (Å²) < 4.78 is 19.0. The molecule has 0 radical (unpaired) electrons. The van der Waals surface area contributed by atoms with Gasteiger partial charge in [0.25, 0.3) is 0 Å². The Morgan fingerprint density at radius 3 is 3.06 bits per heavy atom. The number of nitrogens with zero attached hydrogens (tertiary/aromatic N) is 1. The monoisotopic (exact) mass is 271 g/mol. The molecule has 0 saturated heterocycles. The maximum Gasteiger partial charge on any atom is 0.218 e. The summed E-state index contributed by atoms with van der Waals surface area (Å²) in [6.07, 6.45) is 7.18. The van der Waals surface area contributed by atoms with Crippen LogP contribution < -0.4 is 4.74 Å². The van der Waals surface area contributed by atoms with Gasteiger partial charge < -0.3 is 4.74 Å². The zero-order valence-electron chi connectivity index (χ0n) is 10.7. The third kappa shape index (κ3) is 3.35. The number of hydrogen-bond donors (Lipinski definition) is 0. The molecule has 1 aliphatic rings. The molecule has 2 atom stereocenters. The highest BCUT2D eigenvalue weighted by atomic mass is 35.5. The minimum atomic E-state index is -0.368. The van der Waals surface area contributed by atoms with Gasteiger partial charge in [0.2, 0.25) is 5.88 Å². The summed E-state index contributed by atoms with van der Waals surface area (Å²) in [5.74, 6) is 1.09. The van der Waals surface area contributed by atoms with Crippen LogP contribution in [0.3, 0.4) is 0 Å². The van der Waals surface area contributed by atoms with E-state index in [-0.39, 0.29) is 17.8 Å². The molecule has 2 nitrogen and oxygen atoms in total. The average Bonchev–Trinajstić information content (AvgIpc) is 2.41. The molecule has 0 aliphatic heterocycles. The zero-order chi connectivity index (χ0) is 13.0. The number of alkyl halides is 1. The third-order valence-electron chi connectivity index (χ3n) is 3.63. The Balaban J connectivity index is 2.04. The van der Waals surface area contributed by atoms with Crippen LogP contribution in [-0.4, -0.2) is 11.1 Å². The third-order valence-corrected chi connectivity index (χ3v) is 3.91. The topological polar surface area (TPSA) is 22.1 Å². The van der Waals surface area contributed by atoms with E-state index in [1.807, 2.05) is 0 Å². The van der Waals surface area contributed by atoms with E-state index in [1.54, 1.807) is 0 Å². The summed E-state index contributed by atoms with van der Waals surface area (Å²) in [7, 11) is 0. The predicted molar refractivity (Wildman–Crippen MR) is 70.4 cm³/mol. The van der Waals surface area contributed by atoms with Crippen LogP contribution in [0.1, 0.15) is 44.6 Å². The number of halogens is 2. The molecule has 1 aliphatic carbocycles. The van der Waals surface area contributed by atoms with Gasteiger partial charge in [-0.05, 0) is 31.2 Å². The molecule has 100 valence electrons. The Bertz CT molecular complexity index is 399. The highest BCUT2D eigenvalue weighted by Crippen LogP contribution is 2.30. The fourth-order valence-corrected chi connectivity index (χ4v) is 2.74.